The van der Waals surface area contributed by atoms with Crippen molar-refractivity contribution in [2.45, 2.75) is 32.7 Å². The predicted octanol–water partition coefficient (Wildman–Crippen LogP) is 1.20. The molecule has 7 heteroatoms. The second-order valence-electron chi connectivity index (χ2n) is 6.68. The molecule has 0 radical (unpaired) electrons. The van der Waals surface area contributed by atoms with Crippen LogP contribution in [-0.4, -0.2) is 55.5 Å². The van der Waals surface area contributed by atoms with E-state index in [0.717, 1.165) is 49.8 Å². The summed E-state index contributed by atoms with van der Waals surface area (Å²) in [6.45, 7) is 5.22. The summed E-state index contributed by atoms with van der Waals surface area (Å²) < 4.78 is 0. The molecule has 1 atom stereocenters. The number of aliphatic imine (C=N–C) groups is 1. The van der Waals surface area contributed by atoms with Crippen LogP contribution >= 0.6 is 0 Å². The maximum atomic E-state index is 11.2. The number of amides is 1. The smallest absolute Gasteiger partial charge is 0.217 e. The van der Waals surface area contributed by atoms with Gasteiger partial charge >= 0.3 is 0 Å². The summed E-state index contributed by atoms with van der Waals surface area (Å²) in [6, 6.07) is 4.00. The van der Waals surface area contributed by atoms with Gasteiger partial charge in [0.2, 0.25) is 5.91 Å². The minimum atomic E-state index is -0.222. The molecule has 0 aliphatic carbocycles. The lowest BCUT2D eigenvalue weighted by molar-refractivity contribution is -0.119. The average molecular weight is 346 g/mol. The molecule has 138 valence electrons. The van der Waals surface area contributed by atoms with E-state index in [2.05, 4.69) is 28.2 Å². The van der Waals surface area contributed by atoms with Gasteiger partial charge in [0.25, 0.3) is 0 Å². The largest absolute Gasteiger partial charge is 0.370 e. The zero-order valence-electron chi connectivity index (χ0n) is 15.5. The molecule has 1 unspecified atom stereocenters. The molecule has 1 saturated heterocycles. The minimum Gasteiger partial charge on any atom is -0.370 e. The molecule has 2 heterocycles. The Labute approximate surface area is 150 Å². The fraction of sp³-hybridized carbons (Fsp3) is 0.611. The number of aromatic nitrogens is 1. The molecule has 1 aliphatic heterocycles. The van der Waals surface area contributed by atoms with E-state index in [1.54, 1.807) is 6.20 Å². The zero-order valence-corrected chi connectivity index (χ0v) is 15.5. The van der Waals surface area contributed by atoms with Crippen molar-refractivity contribution in [3.8, 4) is 0 Å². The van der Waals surface area contributed by atoms with E-state index < -0.39 is 0 Å². The molecule has 1 aliphatic rings. The van der Waals surface area contributed by atoms with Crippen LogP contribution in [0.25, 0.3) is 0 Å². The third kappa shape index (κ3) is 5.62. The standard InChI is InChI=1S/C18H30N6O/c1-4-20-18(24-10-6-7-14(13-24)11-16(19)25)22-12-15-8-5-9-21-17(15)23(2)3/h5,8-9,14H,4,6-7,10-13H2,1-3H3,(H2,19,25)(H,20,22). The number of hydrogen-bond acceptors (Lipinski definition) is 4. The van der Waals surface area contributed by atoms with E-state index in [1.165, 1.54) is 0 Å². The normalized spacial score (nSPS) is 18.1. The molecule has 1 amide bonds. The highest BCUT2D eigenvalue weighted by Crippen LogP contribution is 2.20. The van der Waals surface area contributed by atoms with E-state index in [9.17, 15) is 4.79 Å². The quantitative estimate of drug-likeness (QED) is 0.597. The van der Waals surface area contributed by atoms with E-state index >= 15 is 0 Å². The Bertz CT molecular complexity index is 601. The lowest BCUT2D eigenvalue weighted by atomic mass is 9.95. The van der Waals surface area contributed by atoms with E-state index in [-0.39, 0.29) is 5.91 Å². The number of nitrogens with two attached hydrogens (primary N) is 1. The molecule has 0 bridgehead atoms. The van der Waals surface area contributed by atoms with E-state index in [4.69, 9.17) is 10.7 Å². The molecule has 25 heavy (non-hydrogen) atoms. The molecule has 0 aromatic carbocycles. The van der Waals surface area contributed by atoms with Crippen LogP contribution in [0.5, 0.6) is 0 Å². The first-order chi connectivity index (χ1) is 12.0. The highest BCUT2D eigenvalue weighted by atomic mass is 16.1. The Morgan fingerprint density at radius 3 is 3.00 bits per heavy atom. The van der Waals surface area contributed by atoms with Crippen molar-refractivity contribution in [2.75, 3.05) is 38.6 Å². The summed E-state index contributed by atoms with van der Waals surface area (Å²) in [5, 5.41) is 3.37. The Hall–Kier alpha value is -2.31. The van der Waals surface area contributed by atoms with Crippen molar-refractivity contribution < 1.29 is 4.79 Å². The van der Waals surface area contributed by atoms with Gasteiger partial charge in [0, 0.05) is 51.9 Å². The summed E-state index contributed by atoms with van der Waals surface area (Å²) in [5.41, 5.74) is 6.46. The van der Waals surface area contributed by atoms with Crippen molar-refractivity contribution in [1.29, 1.82) is 0 Å². The summed E-state index contributed by atoms with van der Waals surface area (Å²) in [5.74, 6) is 1.92. The molecule has 0 spiro atoms. The van der Waals surface area contributed by atoms with Gasteiger partial charge in [-0.3, -0.25) is 4.79 Å². The molecule has 1 aromatic heterocycles. The number of carbonyl (C=O) groups excluding carboxylic acids is 1. The van der Waals surface area contributed by atoms with Gasteiger partial charge in [-0.15, -0.1) is 0 Å². The number of rotatable bonds is 6. The van der Waals surface area contributed by atoms with Crippen LogP contribution in [0, 0.1) is 5.92 Å². The van der Waals surface area contributed by atoms with E-state index in [1.807, 2.05) is 25.1 Å². The second-order valence-corrected chi connectivity index (χ2v) is 6.68. The highest BCUT2D eigenvalue weighted by molar-refractivity contribution is 5.80. The molecular formula is C18H30N6O. The van der Waals surface area contributed by atoms with Crippen molar-refractivity contribution in [3.05, 3.63) is 23.9 Å². The molecule has 7 nitrogen and oxygen atoms in total. The van der Waals surface area contributed by atoms with Crippen LogP contribution in [0.15, 0.2) is 23.3 Å². The first-order valence-corrected chi connectivity index (χ1v) is 8.94. The van der Waals surface area contributed by atoms with Gasteiger partial charge < -0.3 is 20.9 Å². The summed E-state index contributed by atoms with van der Waals surface area (Å²) in [6.07, 6.45) is 4.35. The van der Waals surface area contributed by atoms with Crippen LogP contribution in [0.2, 0.25) is 0 Å². The number of anilines is 1. The summed E-state index contributed by atoms with van der Waals surface area (Å²) >= 11 is 0. The zero-order chi connectivity index (χ0) is 18.2. The monoisotopic (exact) mass is 346 g/mol. The lowest BCUT2D eigenvalue weighted by Crippen LogP contribution is -2.47. The van der Waals surface area contributed by atoms with Crippen LogP contribution in [-0.2, 0) is 11.3 Å². The lowest BCUT2D eigenvalue weighted by Gasteiger charge is -2.34. The number of likely N-dealkylation sites (tertiary alicyclic amines) is 1. The van der Waals surface area contributed by atoms with Gasteiger partial charge in [0.1, 0.15) is 5.82 Å². The number of hydrogen-bond donors (Lipinski definition) is 2. The van der Waals surface area contributed by atoms with Gasteiger partial charge in [0.15, 0.2) is 5.96 Å². The highest BCUT2D eigenvalue weighted by Gasteiger charge is 2.23. The minimum absolute atomic E-state index is 0.222. The van der Waals surface area contributed by atoms with Crippen molar-refractivity contribution >= 4 is 17.7 Å². The van der Waals surface area contributed by atoms with Crippen molar-refractivity contribution in [3.63, 3.8) is 0 Å². The van der Waals surface area contributed by atoms with Crippen molar-refractivity contribution in [1.82, 2.24) is 15.2 Å². The van der Waals surface area contributed by atoms with Gasteiger partial charge in [-0.2, -0.15) is 0 Å². The predicted molar refractivity (Wildman–Crippen MR) is 101 cm³/mol. The van der Waals surface area contributed by atoms with E-state index in [0.29, 0.717) is 18.9 Å². The average Bonchev–Trinajstić information content (AvgIpc) is 2.58. The van der Waals surface area contributed by atoms with Gasteiger partial charge in [-0.25, -0.2) is 9.98 Å². The SMILES string of the molecule is CCNC(=NCc1cccnc1N(C)C)N1CCCC(CC(N)=O)C1. The Kier molecular flexibility index (Phi) is 7.03. The number of guanidine groups is 1. The van der Waals surface area contributed by atoms with Gasteiger partial charge in [-0.05, 0) is 31.7 Å². The third-order valence-corrected chi connectivity index (χ3v) is 4.33. The summed E-state index contributed by atoms with van der Waals surface area (Å²) in [7, 11) is 3.97. The fourth-order valence-electron chi connectivity index (χ4n) is 3.25. The van der Waals surface area contributed by atoms with Crippen molar-refractivity contribution in [2.24, 2.45) is 16.6 Å². The van der Waals surface area contributed by atoms with Crippen LogP contribution in [0.4, 0.5) is 5.82 Å². The number of nitrogens with one attached hydrogen (secondary N) is 1. The first-order valence-electron chi connectivity index (χ1n) is 8.94. The Morgan fingerprint density at radius 1 is 1.52 bits per heavy atom. The summed E-state index contributed by atoms with van der Waals surface area (Å²) in [4.78, 5) is 24.7. The number of pyridine rings is 1. The third-order valence-electron chi connectivity index (χ3n) is 4.33. The topological polar surface area (TPSA) is 86.8 Å². The molecular weight excluding hydrogens is 316 g/mol. The molecule has 2 rings (SSSR count). The number of primary amides is 1. The number of nitrogens with zero attached hydrogens (tertiary/aromatic N) is 4. The van der Waals surface area contributed by atoms with Gasteiger partial charge in [-0.1, -0.05) is 6.07 Å². The second kappa shape index (κ2) is 9.25. The van der Waals surface area contributed by atoms with Crippen LogP contribution in [0.1, 0.15) is 31.7 Å². The van der Waals surface area contributed by atoms with Gasteiger partial charge in [0.05, 0.1) is 6.54 Å². The maximum absolute atomic E-state index is 11.2. The van der Waals surface area contributed by atoms with Crippen LogP contribution < -0.4 is 16.0 Å². The van der Waals surface area contributed by atoms with Crippen LogP contribution in [0.3, 0.4) is 0 Å². The number of carbonyl (C=O) groups is 1. The fourth-order valence-corrected chi connectivity index (χ4v) is 3.25. The first kappa shape index (κ1) is 19.0. The Balaban J connectivity index is 2.11. The molecule has 1 fully saturated rings. The maximum Gasteiger partial charge on any atom is 0.217 e. The molecule has 1 aromatic rings. The Morgan fingerprint density at radius 2 is 2.32 bits per heavy atom. The molecule has 3 N–H and O–H groups in total. The number of piperidine rings is 1. The molecule has 0 saturated carbocycles.